The Kier molecular flexibility index (Phi) is 4.33. The van der Waals surface area contributed by atoms with Crippen LogP contribution in [0.5, 0.6) is 0 Å². The molecule has 21 heavy (non-hydrogen) atoms. The van der Waals surface area contributed by atoms with E-state index in [0.717, 1.165) is 12.1 Å². The molecule has 2 aromatic rings. The van der Waals surface area contributed by atoms with E-state index in [-0.39, 0.29) is 4.47 Å². The first kappa shape index (κ1) is 15.9. The van der Waals surface area contributed by atoms with Gasteiger partial charge in [-0.3, -0.25) is 0 Å². The predicted molar refractivity (Wildman–Crippen MR) is 69.4 cm³/mol. The molecule has 0 fully saturated rings. The minimum atomic E-state index is -4.76. The molecule has 1 aromatic heterocycles. The Labute approximate surface area is 128 Å². The van der Waals surface area contributed by atoms with E-state index >= 15 is 0 Å². The van der Waals surface area contributed by atoms with Crippen LogP contribution in [0.2, 0.25) is 5.28 Å². The normalized spacial score (nSPS) is 11.6. The Morgan fingerprint density at radius 1 is 1.05 bits per heavy atom. The number of halogens is 7. The number of anilines is 2. The van der Waals surface area contributed by atoms with E-state index in [1.165, 1.54) is 0 Å². The number of nitrogens with one attached hydrogen (secondary N) is 1. The molecule has 112 valence electrons. The SMILES string of the molecule is Fc1cc(Br)cc(F)c1Nc1cc(C(F)(F)F)nc(Cl)n1. The second-order valence-corrected chi connectivity index (χ2v) is 5.03. The molecule has 10 heteroatoms. The number of rotatable bonds is 2. The highest BCUT2D eigenvalue weighted by atomic mass is 79.9. The minimum Gasteiger partial charge on any atom is -0.335 e. The lowest BCUT2D eigenvalue weighted by atomic mass is 10.3. The topological polar surface area (TPSA) is 37.8 Å². The summed E-state index contributed by atoms with van der Waals surface area (Å²) in [5.74, 6) is -2.50. The summed E-state index contributed by atoms with van der Waals surface area (Å²) in [7, 11) is 0. The Morgan fingerprint density at radius 2 is 1.62 bits per heavy atom. The molecule has 0 aliphatic carbocycles. The number of benzene rings is 1. The van der Waals surface area contributed by atoms with Crippen molar-refractivity contribution in [3.05, 3.63) is 45.3 Å². The summed E-state index contributed by atoms with van der Waals surface area (Å²) < 4.78 is 65.0. The van der Waals surface area contributed by atoms with Gasteiger partial charge in [-0.2, -0.15) is 13.2 Å². The van der Waals surface area contributed by atoms with Crippen molar-refractivity contribution in [1.29, 1.82) is 0 Å². The Hall–Kier alpha value is -1.48. The van der Waals surface area contributed by atoms with Gasteiger partial charge in [-0.15, -0.1) is 0 Å². The predicted octanol–water partition coefficient (Wildman–Crippen LogP) is 4.93. The molecule has 1 heterocycles. The third kappa shape index (κ3) is 3.79. The lowest BCUT2D eigenvalue weighted by Crippen LogP contribution is -2.10. The number of hydrogen-bond donors (Lipinski definition) is 1. The zero-order chi connectivity index (χ0) is 15.8. The maximum Gasteiger partial charge on any atom is 0.433 e. The van der Waals surface area contributed by atoms with Crippen LogP contribution in [-0.2, 0) is 6.18 Å². The van der Waals surface area contributed by atoms with Crippen molar-refractivity contribution in [3.8, 4) is 0 Å². The van der Waals surface area contributed by atoms with Crippen LogP contribution in [0.15, 0.2) is 22.7 Å². The van der Waals surface area contributed by atoms with Gasteiger partial charge in [0, 0.05) is 10.5 Å². The van der Waals surface area contributed by atoms with Crippen molar-refractivity contribution < 1.29 is 22.0 Å². The van der Waals surface area contributed by atoms with Gasteiger partial charge in [0.2, 0.25) is 5.28 Å². The van der Waals surface area contributed by atoms with E-state index in [9.17, 15) is 22.0 Å². The highest BCUT2D eigenvalue weighted by Crippen LogP contribution is 2.31. The molecule has 0 aliphatic heterocycles. The summed E-state index contributed by atoms with van der Waals surface area (Å²) in [5.41, 5.74) is -1.98. The molecule has 2 rings (SSSR count). The first-order valence-corrected chi connectivity index (χ1v) is 6.37. The molecule has 1 aromatic carbocycles. The minimum absolute atomic E-state index is 0.139. The number of aromatic nitrogens is 2. The fraction of sp³-hybridized carbons (Fsp3) is 0.0909. The van der Waals surface area contributed by atoms with E-state index in [0.29, 0.717) is 6.07 Å². The second-order valence-electron chi connectivity index (χ2n) is 3.77. The van der Waals surface area contributed by atoms with Crippen molar-refractivity contribution in [1.82, 2.24) is 9.97 Å². The van der Waals surface area contributed by atoms with Crippen LogP contribution >= 0.6 is 27.5 Å². The van der Waals surface area contributed by atoms with Crippen LogP contribution in [0.1, 0.15) is 5.69 Å². The largest absolute Gasteiger partial charge is 0.433 e. The average Bonchev–Trinajstić information content (AvgIpc) is 2.32. The van der Waals surface area contributed by atoms with Gasteiger partial charge in [-0.1, -0.05) is 15.9 Å². The molecule has 0 saturated heterocycles. The fourth-order valence-corrected chi connectivity index (χ4v) is 2.00. The average molecular weight is 389 g/mol. The molecular formula is C11H4BrClF5N3. The van der Waals surface area contributed by atoms with Gasteiger partial charge in [0.05, 0.1) is 0 Å². The third-order valence-electron chi connectivity index (χ3n) is 2.25. The fourth-order valence-electron chi connectivity index (χ4n) is 1.42. The summed E-state index contributed by atoms with van der Waals surface area (Å²) in [5, 5.41) is 1.41. The molecule has 0 aliphatic rings. The number of alkyl halides is 3. The van der Waals surface area contributed by atoms with E-state index in [1.54, 1.807) is 0 Å². The van der Waals surface area contributed by atoms with E-state index in [2.05, 4.69) is 31.2 Å². The van der Waals surface area contributed by atoms with Crippen molar-refractivity contribution in [2.75, 3.05) is 5.32 Å². The van der Waals surface area contributed by atoms with E-state index < -0.39 is 40.3 Å². The molecule has 1 N–H and O–H groups in total. The highest BCUT2D eigenvalue weighted by Gasteiger charge is 2.33. The first-order valence-electron chi connectivity index (χ1n) is 5.20. The summed E-state index contributed by atoms with van der Waals surface area (Å²) >= 11 is 8.25. The summed E-state index contributed by atoms with van der Waals surface area (Å²) in [6.07, 6.45) is -4.76. The number of nitrogens with zero attached hydrogens (tertiary/aromatic N) is 2. The highest BCUT2D eigenvalue weighted by molar-refractivity contribution is 9.10. The van der Waals surface area contributed by atoms with Crippen molar-refractivity contribution in [2.45, 2.75) is 6.18 Å². The maximum absolute atomic E-state index is 13.6. The number of hydrogen-bond acceptors (Lipinski definition) is 3. The third-order valence-corrected chi connectivity index (χ3v) is 2.88. The molecule has 0 unspecified atom stereocenters. The smallest absolute Gasteiger partial charge is 0.335 e. The van der Waals surface area contributed by atoms with Gasteiger partial charge in [0.25, 0.3) is 0 Å². The molecule has 0 radical (unpaired) electrons. The quantitative estimate of drug-likeness (QED) is 0.585. The summed E-state index contributed by atoms with van der Waals surface area (Å²) in [6, 6.07) is 2.38. The lowest BCUT2D eigenvalue weighted by Gasteiger charge is -2.11. The molecule has 0 saturated carbocycles. The maximum atomic E-state index is 13.6. The van der Waals surface area contributed by atoms with E-state index in [1.807, 2.05) is 0 Å². The molecule has 0 spiro atoms. The van der Waals surface area contributed by atoms with Gasteiger partial charge in [-0.05, 0) is 23.7 Å². The van der Waals surface area contributed by atoms with Crippen LogP contribution in [-0.4, -0.2) is 9.97 Å². The van der Waals surface area contributed by atoms with Crippen molar-refractivity contribution in [3.63, 3.8) is 0 Å². The zero-order valence-electron chi connectivity index (χ0n) is 9.77. The molecule has 3 nitrogen and oxygen atoms in total. The molecule has 0 atom stereocenters. The van der Waals surface area contributed by atoms with Gasteiger partial charge in [-0.25, -0.2) is 18.7 Å². The molecular weight excluding hydrogens is 384 g/mol. The van der Waals surface area contributed by atoms with Crippen LogP contribution in [0.3, 0.4) is 0 Å². The van der Waals surface area contributed by atoms with Crippen LogP contribution in [0, 0.1) is 11.6 Å². The summed E-state index contributed by atoms with van der Waals surface area (Å²) in [4.78, 5) is 6.45. The first-order chi connectivity index (χ1) is 9.66. The lowest BCUT2D eigenvalue weighted by molar-refractivity contribution is -0.141. The Bertz CT molecular complexity index is 669. The molecule has 0 amide bonds. The van der Waals surface area contributed by atoms with Crippen molar-refractivity contribution in [2.24, 2.45) is 0 Å². The van der Waals surface area contributed by atoms with Crippen molar-refractivity contribution >= 4 is 39.0 Å². The monoisotopic (exact) mass is 387 g/mol. The van der Waals surface area contributed by atoms with E-state index in [4.69, 9.17) is 11.6 Å². The van der Waals surface area contributed by atoms with Crippen LogP contribution in [0.25, 0.3) is 0 Å². The summed E-state index contributed by atoms with van der Waals surface area (Å²) in [6.45, 7) is 0. The second kappa shape index (κ2) is 5.72. The Morgan fingerprint density at radius 3 is 2.14 bits per heavy atom. The van der Waals surface area contributed by atoms with Crippen LogP contribution < -0.4 is 5.32 Å². The Balaban J connectivity index is 2.43. The van der Waals surface area contributed by atoms with Gasteiger partial charge < -0.3 is 5.32 Å². The van der Waals surface area contributed by atoms with Gasteiger partial charge >= 0.3 is 6.18 Å². The van der Waals surface area contributed by atoms with Gasteiger partial charge in [0.1, 0.15) is 11.5 Å². The zero-order valence-corrected chi connectivity index (χ0v) is 12.1. The standard InChI is InChI=1S/C11H4BrClF5N3/c12-4-1-5(14)9(6(15)2-4)20-8-3-7(11(16,17)18)19-10(13)21-8/h1-3H,(H,19,20,21). The molecule has 0 bridgehead atoms. The van der Waals surface area contributed by atoms with Crippen LogP contribution in [0.4, 0.5) is 33.5 Å². The van der Waals surface area contributed by atoms with Gasteiger partial charge in [0.15, 0.2) is 17.3 Å².